The molecule has 0 aliphatic heterocycles. The number of nitrogens with one attached hydrogen (secondary N) is 2. The summed E-state index contributed by atoms with van der Waals surface area (Å²) in [5.41, 5.74) is 2.71. The Balaban J connectivity index is 1.46. The van der Waals surface area contributed by atoms with Crippen LogP contribution in [0.2, 0.25) is 0 Å². The number of amides is 2. The van der Waals surface area contributed by atoms with Crippen molar-refractivity contribution >= 4 is 11.8 Å². The molecule has 2 N–H and O–H groups in total. The van der Waals surface area contributed by atoms with E-state index in [-0.39, 0.29) is 17.7 Å². The van der Waals surface area contributed by atoms with Gasteiger partial charge >= 0.3 is 0 Å². The third kappa shape index (κ3) is 5.19. The number of benzene rings is 2. The lowest BCUT2D eigenvalue weighted by atomic mass is 9.88. The minimum absolute atomic E-state index is 0.0911. The molecule has 3 rings (SSSR count). The monoisotopic (exact) mass is 350 g/mol. The van der Waals surface area contributed by atoms with Gasteiger partial charge in [0.05, 0.1) is 0 Å². The maximum absolute atomic E-state index is 12.2. The van der Waals surface area contributed by atoms with Crippen molar-refractivity contribution in [3.63, 3.8) is 0 Å². The van der Waals surface area contributed by atoms with Crippen LogP contribution in [0.4, 0.5) is 0 Å². The molecule has 0 bridgehead atoms. The number of carbonyl (C=O) groups excluding carboxylic acids is 2. The highest BCUT2D eigenvalue weighted by atomic mass is 16.2. The Kier molecular flexibility index (Phi) is 6.42. The Bertz CT molecular complexity index is 720. The van der Waals surface area contributed by atoms with Crippen molar-refractivity contribution < 1.29 is 9.59 Å². The molecule has 26 heavy (non-hydrogen) atoms. The average molecular weight is 350 g/mol. The topological polar surface area (TPSA) is 58.2 Å². The third-order valence-electron chi connectivity index (χ3n) is 4.95. The van der Waals surface area contributed by atoms with Crippen molar-refractivity contribution in [2.24, 2.45) is 5.92 Å². The molecule has 0 heterocycles. The Labute approximate surface area is 155 Å². The van der Waals surface area contributed by atoms with Gasteiger partial charge in [-0.15, -0.1) is 0 Å². The predicted octanol–water partition coefficient (Wildman–Crippen LogP) is 3.81. The number of hydrogen-bond donors (Lipinski definition) is 2. The van der Waals surface area contributed by atoms with Gasteiger partial charge in [0.1, 0.15) is 0 Å². The molecule has 4 heteroatoms. The fourth-order valence-corrected chi connectivity index (χ4v) is 3.35. The molecule has 0 spiro atoms. The number of hydrogen-bond acceptors (Lipinski definition) is 2. The molecule has 0 unspecified atom stereocenters. The zero-order valence-corrected chi connectivity index (χ0v) is 15.0. The second kappa shape index (κ2) is 9.18. The molecule has 0 saturated heterocycles. The minimum Gasteiger partial charge on any atom is -0.352 e. The first-order chi connectivity index (χ1) is 12.7. The summed E-state index contributed by atoms with van der Waals surface area (Å²) in [7, 11) is 0. The van der Waals surface area contributed by atoms with E-state index in [2.05, 4.69) is 10.6 Å². The van der Waals surface area contributed by atoms with Crippen LogP contribution in [0.25, 0.3) is 0 Å². The Morgan fingerprint density at radius 2 is 1.38 bits per heavy atom. The van der Waals surface area contributed by atoms with E-state index >= 15 is 0 Å². The van der Waals surface area contributed by atoms with E-state index in [1.807, 2.05) is 54.6 Å². The lowest BCUT2D eigenvalue weighted by molar-refractivity contribution is -0.126. The lowest BCUT2D eigenvalue weighted by Crippen LogP contribution is -2.31. The molecular weight excluding hydrogens is 324 g/mol. The van der Waals surface area contributed by atoms with Crippen molar-refractivity contribution in [2.75, 3.05) is 0 Å². The molecular formula is C22H26N2O2. The van der Waals surface area contributed by atoms with Gasteiger partial charge in [0, 0.05) is 24.6 Å². The summed E-state index contributed by atoms with van der Waals surface area (Å²) in [5, 5.41) is 5.94. The normalized spacial score (nSPS) is 14.6. The van der Waals surface area contributed by atoms with Crippen molar-refractivity contribution in [1.29, 1.82) is 0 Å². The Morgan fingerprint density at radius 1 is 0.769 bits per heavy atom. The summed E-state index contributed by atoms with van der Waals surface area (Å²) in [6.45, 7) is 1.03. The largest absolute Gasteiger partial charge is 0.352 e. The van der Waals surface area contributed by atoms with Gasteiger partial charge in [-0.1, -0.05) is 61.7 Å². The third-order valence-corrected chi connectivity index (χ3v) is 4.95. The van der Waals surface area contributed by atoms with Gasteiger partial charge in [-0.25, -0.2) is 0 Å². The maximum atomic E-state index is 12.2. The first-order valence-corrected chi connectivity index (χ1v) is 9.41. The summed E-state index contributed by atoms with van der Waals surface area (Å²) >= 11 is 0. The van der Waals surface area contributed by atoms with E-state index in [0.29, 0.717) is 18.7 Å². The lowest BCUT2D eigenvalue weighted by Gasteiger charge is -2.20. The van der Waals surface area contributed by atoms with Crippen molar-refractivity contribution in [3.05, 3.63) is 71.3 Å². The highest BCUT2D eigenvalue weighted by Gasteiger charge is 2.20. The van der Waals surface area contributed by atoms with Gasteiger partial charge in [-0.3, -0.25) is 9.59 Å². The average Bonchev–Trinajstić information content (AvgIpc) is 2.72. The van der Waals surface area contributed by atoms with Gasteiger partial charge in [0.25, 0.3) is 5.91 Å². The van der Waals surface area contributed by atoms with E-state index < -0.39 is 0 Å². The first kappa shape index (κ1) is 18.2. The predicted molar refractivity (Wildman–Crippen MR) is 102 cm³/mol. The van der Waals surface area contributed by atoms with E-state index in [1.165, 1.54) is 6.42 Å². The zero-order valence-electron chi connectivity index (χ0n) is 15.0. The standard InChI is InChI=1S/C22H26N2O2/c25-21(19-9-5-2-6-10-19)24-16-18-11-13-20(14-12-18)22(26)23-15-17-7-3-1-4-8-17/h1,3-4,7-8,11-14,19H,2,5-6,9-10,15-16H2,(H,23,26)(H,24,25). The van der Waals surface area contributed by atoms with Crippen molar-refractivity contribution in [2.45, 2.75) is 45.2 Å². The second-order valence-electron chi connectivity index (χ2n) is 6.92. The molecule has 136 valence electrons. The summed E-state index contributed by atoms with van der Waals surface area (Å²) in [6, 6.07) is 17.3. The maximum Gasteiger partial charge on any atom is 0.251 e. The molecule has 1 fully saturated rings. The van der Waals surface area contributed by atoms with Gasteiger partial charge in [-0.2, -0.15) is 0 Å². The van der Waals surface area contributed by atoms with Crippen LogP contribution in [0, 0.1) is 5.92 Å². The molecule has 0 radical (unpaired) electrons. The summed E-state index contributed by atoms with van der Waals surface area (Å²) in [6.07, 6.45) is 5.58. The molecule has 2 aromatic rings. The van der Waals surface area contributed by atoms with Crippen LogP contribution in [-0.4, -0.2) is 11.8 Å². The van der Waals surface area contributed by atoms with Gasteiger partial charge in [0.2, 0.25) is 5.91 Å². The minimum atomic E-state index is -0.0911. The second-order valence-corrected chi connectivity index (χ2v) is 6.92. The van der Waals surface area contributed by atoms with Crippen LogP contribution >= 0.6 is 0 Å². The molecule has 0 atom stereocenters. The number of rotatable bonds is 6. The first-order valence-electron chi connectivity index (χ1n) is 9.41. The fraction of sp³-hybridized carbons (Fsp3) is 0.364. The highest BCUT2D eigenvalue weighted by Crippen LogP contribution is 2.23. The summed E-state index contributed by atoms with van der Waals surface area (Å²) in [4.78, 5) is 24.4. The van der Waals surface area contributed by atoms with Gasteiger partial charge in [0.15, 0.2) is 0 Å². The zero-order chi connectivity index (χ0) is 18.2. The van der Waals surface area contributed by atoms with Crippen molar-refractivity contribution in [3.8, 4) is 0 Å². The summed E-state index contributed by atoms with van der Waals surface area (Å²) < 4.78 is 0. The molecule has 4 nitrogen and oxygen atoms in total. The van der Waals surface area contributed by atoms with E-state index in [0.717, 1.165) is 36.8 Å². The quantitative estimate of drug-likeness (QED) is 0.832. The Hall–Kier alpha value is -2.62. The molecule has 1 saturated carbocycles. The molecule has 1 aliphatic carbocycles. The van der Waals surface area contributed by atoms with E-state index in [4.69, 9.17) is 0 Å². The van der Waals surface area contributed by atoms with Crippen LogP contribution in [-0.2, 0) is 17.9 Å². The highest BCUT2D eigenvalue weighted by molar-refractivity contribution is 5.94. The molecule has 0 aromatic heterocycles. The SMILES string of the molecule is O=C(NCc1ccccc1)c1ccc(CNC(=O)C2CCCCC2)cc1. The van der Waals surface area contributed by atoms with Crippen LogP contribution in [0.5, 0.6) is 0 Å². The van der Waals surface area contributed by atoms with Crippen LogP contribution in [0.3, 0.4) is 0 Å². The molecule has 1 aliphatic rings. The van der Waals surface area contributed by atoms with Crippen LogP contribution < -0.4 is 10.6 Å². The van der Waals surface area contributed by atoms with Crippen LogP contribution in [0.1, 0.15) is 53.6 Å². The molecule has 2 aromatic carbocycles. The Morgan fingerprint density at radius 3 is 2.08 bits per heavy atom. The van der Waals surface area contributed by atoms with E-state index in [1.54, 1.807) is 0 Å². The van der Waals surface area contributed by atoms with Crippen LogP contribution in [0.15, 0.2) is 54.6 Å². The summed E-state index contributed by atoms with van der Waals surface area (Å²) in [5.74, 6) is 0.243. The van der Waals surface area contributed by atoms with Gasteiger partial charge in [-0.05, 0) is 36.1 Å². The smallest absolute Gasteiger partial charge is 0.251 e. The number of carbonyl (C=O) groups is 2. The molecule has 2 amide bonds. The fourth-order valence-electron chi connectivity index (χ4n) is 3.35. The van der Waals surface area contributed by atoms with E-state index in [9.17, 15) is 9.59 Å². The van der Waals surface area contributed by atoms with Gasteiger partial charge < -0.3 is 10.6 Å². The van der Waals surface area contributed by atoms with Crippen molar-refractivity contribution in [1.82, 2.24) is 10.6 Å².